The predicted molar refractivity (Wildman–Crippen MR) is 76.1 cm³/mol. The minimum atomic E-state index is -4.57. The molecule has 122 valence electrons. The third-order valence-electron chi connectivity index (χ3n) is 3.90. The predicted octanol–water partition coefficient (Wildman–Crippen LogP) is 4.07. The van der Waals surface area contributed by atoms with Crippen LogP contribution in [0.3, 0.4) is 0 Å². The summed E-state index contributed by atoms with van der Waals surface area (Å²) in [5, 5.41) is 9.32. The van der Waals surface area contributed by atoms with Gasteiger partial charge in [-0.15, -0.1) is 0 Å². The van der Waals surface area contributed by atoms with Crippen LogP contribution in [0.25, 0.3) is 0 Å². The van der Waals surface area contributed by atoms with Crippen molar-refractivity contribution in [1.82, 2.24) is 4.90 Å². The highest BCUT2D eigenvalue weighted by molar-refractivity contribution is 5.99. The Hall–Kier alpha value is -2.88. The molecule has 1 aliphatic rings. The van der Waals surface area contributed by atoms with Crippen LogP contribution in [0.5, 0.6) is 0 Å². The van der Waals surface area contributed by atoms with E-state index in [0.717, 1.165) is 23.1 Å². The van der Waals surface area contributed by atoms with E-state index in [-0.39, 0.29) is 23.2 Å². The minimum Gasteiger partial charge on any atom is -0.314 e. The second-order valence-corrected chi connectivity index (χ2v) is 5.36. The van der Waals surface area contributed by atoms with Crippen LogP contribution >= 0.6 is 0 Å². The van der Waals surface area contributed by atoms with Gasteiger partial charge in [0.15, 0.2) is 0 Å². The van der Waals surface area contributed by atoms with Crippen molar-refractivity contribution in [3.63, 3.8) is 0 Å². The Morgan fingerprint density at radius 2 is 1.88 bits per heavy atom. The molecule has 7 heteroatoms. The third-order valence-corrected chi connectivity index (χ3v) is 3.90. The first-order valence-electron chi connectivity index (χ1n) is 6.98. The van der Waals surface area contributed by atoms with E-state index < -0.39 is 29.5 Å². The van der Waals surface area contributed by atoms with Gasteiger partial charge in [-0.1, -0.05) is 18.2 Å². The second-order valence-electron chi connectivity index (χ2n) is 5.36. The van der Waals surface area contributed by atoms with Crippen molar-refractivity contribution in [3.05, 3.63) is 70.5 Å². The van der Waals surface area contributed by atoms with Gasteiger partial charge in [0, 0.05) is 16.7 Å². The second kappa shape index (κ2) is 5.64. The van der Waals surface area contributed by atoms with Crippen LogP contribution in [0.4, 0.5) is 17.6 Å². The fraction of sp³-hybridized carbons (Fsp3) is 0.176. The summed E-state index contributed by atoms with van der Waals surface area (Å²) in [6.07, 6.45) is -4.57. The average Bonchev–Trinajstić information content (AvgIpc) is 2.80. The molecule has 1 amide bonds. The zero-order valence-electron chi connectivity index (χ0n) is 12.1. The van der Waals surface area contributed by atoms with E-state index in [1.54, 1.807) is 6.07 Å². The summed E-state index contributed by atoms with van der Waals surface area (Å²) < 4.78 is 52.3. The van der Waals surface area contributed by atoms with Gasteiger partial charge in [-0.3, -0.25) is 4.79 Å². The van der Waals surface area contributed by atoms with Gasteiger partial charge in [-0.05, 0) is 24.3 Å². The quantitative estimate of drug-likeness (QED) is 0.777. The van der Waals surface area contributed by atoms with E-state index in [2.05, 4.69) is 0 Å². The highest BCUT2D eigenvalue weighted by Gasteiger charge is 2.40. The summed E-state index contributed by atoms with van der Waals surface area (Å²) in [6.45, 7) is -0.195. The SMILES string of the molecule is N#CC1c2cc(C(F)(F)F)ccc2C(=O)N1Cc1ccccc1F. The number of carbonyl (C=O) groups excluding carboxylic acids is 1. The first-order valence-corrected chi connectivity index (χ1v) is 6.98. The summed E-state index contributed by atoms with van der Waals surface area (Å²) >= 11 is 0. The number of rotatable bonds is 2. The maximum Gasteiger partial charge on any atom is 0.416 e. The largest absolute Gasteiger partial charge is 0.416 e. The summed E-state index contributed by atoms with van der Waals surface area (Å²) in [4.78, 5) is 13.5. The Morgan fingerprint density at radius 1 is 1.17 bits per heavy atom. The summed E-state index contributed by atoms with van der Waals surface area (Å²) in [5.74, 6) is -1.14. The number of hydrogen-bond donors (Lipinski definition) is 0. The summed E-state index contributed by atoms with van der Waals surface area (Å²) in [7, 11) is 0. The van der Waals surface area contributed by atoms with E-state index in [0.29, 0.717) is 0 Å². The Balaban J connectivity index is 2.01. The average molecular weight is 334 g/mol. The molecule has 0 spiro atoms. The van der Waals surface area contributed by atoms with Crippen molar-refractivity contribution in [2.45, 2.75) is 18.8 Å². The molecule has 1 aliphatic heterocycles. The number of nitrogens with zero attached hydrogens (tertiary/aromatic N) is 2. The molecular formula is C17H10F4N2O. The molecule has 0 saturated heterocycles. The number of halogens is 4. The number of fused-ring (bicyclic) bond motifs is 1. The molecule has 0 aromatic heterocycles. The maximum absolute atomic E-state index is 13.8. The summed E-state index contributed by atoms with van der Waals surface area (Å²) in [6, 6.07) is 9.06. The lowest BCUT2D eigenvalue weighted by Crippen LogP contribution is -2.27. The molecular weight excluding hydrogens is 324 g/mol. The highest BCUT2D eigenvalue weighted by atomic mass is 19.4. The van der Waals surface area contributed by atoms with Gasteiger partial charge in [-0.2, -0.15) is 18.4 Å². The lowest BCUT2D eigenvalue weighted by molar-refractivity contribution is -0.137. The molecule has 3 nitrogen and oxygen atoms in total. The lowest BCUT2D eigenvalue weighted by atomic mass is 10.0. The molecule has 2 aromatic carbocycles. The van der Waals surface area contributed by atoms with Gasteiger partial charge in [0.1, 0.15) is 11.9 Å². The first kappa shape index (κ1) is 16.0. The van der Waals surface area contributed by atoms with Gasteiger partial charge in [0.05, 0.1) is 18.2 Å². The fourth-order valence-corrected chi connectivity index (χ4v) is 2.71. The molecule has 0 saturated carbocycles. The Bertz CT molecular complexity index is 854. The van der Waals surface area contributed by atoms with Gasteiger partial charge in [0.2, 0.25) is 0 Å². The first-order chi connectivity index (χ1) is 11.3. The van der Waals surface area contributed by atoms with E-state index in [1.165, 1.54) is 18.2 Å². The molecule has 0 aliphatic carbocycles. The van der Waals surface area contributed by atoms with E-state index in [1.807, 2.05) is 6.07 Å². The molecule has 1 atom stereocenters. The monoisotopic (exact) mass is 334 g/mol. The molecule has 24 heavy (non-hydrogen) atoms. The van der Waals surface area contributed by atoms with Crippen LogP contribution in [0, 0.1) is 17.1 Å². The lowest BCUT2D eigenvalue weighted by Gasteiger charge is -2.20. The van der Waals surface area contributed by atoms with Gasteiger partial charge < -0.3 is 4.90 Å². The smallest absolute Gasteiger partial charge is 0.314 e. The molecule has 0 N–H and O–H groups in total. The Morgan fingerprint density at radius 3 is 2.50 bits per heavy atom. The van der Waals surface area contributed by atoms with Crippen molar-refractivity contribution in [2.24, 2.45) is 0 Å². The molecule has 3 rings (SSSR count). The van der Waals surface area contributed by atoms with Crippen LogP contribution in [0.15, 0.2) is 42.5 Å². The topological polar surface area (TPSA) is 44.1 Å². The molecule has 0 fully saturated rings. The van der Waals surface area contributed by atoms with Crippen molar-refractivity contribution in [3.8, 4) is 6.07 Å². The van der Waals surface area contributed by atoms with Crippen LogP contribution in [-0.2, 0) is 12.7 Å². The highest BCUT2D eigenvalue weighted by Crippen LogP contribution is 2.38. The van der Waals surface area contributed by atoms with Crippen molar-refractivity contribution in [2.75, 3.05) is 0 Å². The third kappa shape index (κ3) is 2.60. The fourth-order valence-electron chi connectivity index (χ4n) is 2.71. The van der Waals surface area contributed by atoms with Crippen molar-refractivity contribution < 1.29 is 22.4 Å². The Kier molecular flexibility index (Phi) is 3.76. The molecule has 0 radical (unpaired) electrons. The standard InChI is InChI=1S/C17H10F4N2O/c18-14-4-2-1-3-10(14)9-23-15(8-22)13-7-11(17(19,20)21)5-6-12(13)16(23)24/h1-7,15H,9H2. The number of alkyl halides is 3. The van der Waals surface area contributed by atoms with Gasteiger partial charge in [-0.25, -0.2) is 4.39 Å². The minimum absolute atomic E-state index is 0.00587. The zero-order valence-corrected chi connectivity index (χ0v) is 12.1. The normalized spacial score (nSPS) is 16.9. The van der Waals surface area contributed by atoms with Gasteiger partial charge >= 0.3 is 6.18 Å². The molecule has 0 bridgehead atoms. The number of nitriles is 1. The maximum atomic E-state index is 13.8. The number of amides is 1. The molecule has 1 heterocycles. The van der Waals surface area contributed by atoms with E-state index >= 15 is 0 Å². The molecule has 2 aromatic rings. The van der Waals surface area contributed by atoms with E-state index in [9.17, 15) is 27.6 Å². The number of benzene rings is 2. The summed E-state index contributed by atoms with van der Waals surface area (Å²) in [5.41, 5.74) is -0.712. The van der Waals surface area contributed by atoms with Gasteiger partial charge in [0.25, 0.3) is 5.91 Å². The number of hydrogen-bond acceptors (Lipinski definition) is 2. The number of carbonyl (C=O) groups is 1. The Labute approximate surface area is 134 Å². The van der Waals surface area contributed by atoms with Crippen LogP contribution < -0.4 is 0 Å². The van der Waals surface area contributed by atoms with E-state index in [4.69, 9.17) is 0 Å². The van der Waals surface area contributed by atoms with Crippen molar-refractivity contribution in [1.29, 1.82) is 5.26 Å². The van der Waals surface area contributed by atoms with Crippen LogP contribution in [0.2, 0.25) is 0 Å². The molecule has 1 unspecified atom stereocenters. The van der Waals surface area contributed by atoms with Crippen LogP contribution in [0.1, 0.15) is 33.1 Å². The van der Waals surface area contributed by atoms with Crippen LogP contribution in [-0.4, -0.2) is 10.8 Å². The van der Waals surface area contributed by atoms with Crippen molar-refractivity contribution >= 4 is 5.91 Å². The zero-order chi connectivity index (χ0) is 17.5.